The van der Waals surface area contributed by atoms with Gasteiger partial charge in [-0.25, -0.2) is 12.8 Å². The highest BCUT2D eigenvalue weighted by Gasteiger charge is 2.29. The van der Waals surface area contributed by atoms with Crippen LogP contribution in [0.2, 0.25) is 0 Å². The Kier molecular flexibility index (Phi) is 6.65. The second-order valence-electron chi connectivity index (χ2n) is 8.23. The van der Waals surface area contributed by atoms with Gasteiger partial charge in [-0.2, -0.15) is 0 Å². The lowest BCUT2D eigenvalue weighted by Crippen LogP contribution is -2.24. The lowest BCUT2D eigenvalue weighted by atomic mass is 10.1. The normalized spacial score (nSPS) is 13.2. The zero-order chi connectivity index (χ0) is 24.3. The number of sulfonamides is 1. The van der Waals surface area contributed by atoms with Gasteiger partial charge in [-0.15, -0.1) is 0 Å². The van der Waals surface area contributed by atoms with E-state index >= 15 is 0 Å². The molecule has 0 radical (unpaired) electrons. The zero-order valence-corrected chi connectivity index (χ0v) is 19.3. The molecule has 34 heavy (non-hydrogen) atoms. The van der Waals surface area contributed by atoms with E-state index in [4.69, 9.17) is 0 Å². The predicted molar refractivity (Wildman–Crippen MR) is 127 cm³/mol. The lowest BCUT2D eigenvalue weighted by molar-refractivity contribution is -0.117. The Hall–Kier alpha value is -3.72. The van der Waals surface area contributed by atoms with Crippen molar-refractivity contribution in [1.82, 2.24) is 5.32 Å². The summed E-state index contributed by atoms with van der Waals surface area (Å²) in [5.41, 5.74) is 2.60. The number of aryl methyl sites for hydroxylation is 1. The van der Waals surface area contributed by atoms with Crippen molar-refractivity contribution in [2.75, 3.05) is 10.0 Å². The number of carbonyl (C=O) groups excluding carboxylic acids is 2. The highest BCUT2D eigenvalue weighted by atomic mass is 32.2. The van der Waals surface area contributed by atoms with E-state index in [0.29, 0.717) is 11.3 Å². The molecule has 0 saturated heterocycles. The molecule has 0 heterocycles. The monoisotopic (exact) mass is 481 g/mol. The van der Waals surface area contributed by atoms with Crippen LogP contribution in [0, 0.1) is 18.7 Å². The fraction of sp³-hybridized carbons (Fsp3) is 0.200. The van der Waals surface area contributed by atoms with Gasteiger partial charge >= 0.3 is 0 Å². The van der Waals surface area contributed by atoms with Gasteiger partial charge < -0.3 is 10.6 Å². The van der Waals surface area contributed by atoms with Crippen LogP contribution in [-0.2, 0) is 21.4 Å². The van der Waals surface area contributed by atoms with Crippen molar-refractivity contribution in [1.29, 1.82) is 0 Å². The molecule has 0 bridgehead atoms. The summed E-state index contributed by atoms with van der Waals surface area (Å²) in [5.74, 6) is -0.745. The van der Waals surface area contributed by atoms with Crippen LogP contribution in [0.1, 0.15) is 34.3 Å². The molecule has 0 atom stereocenters. The molecule has 0 aliphatic heterocycles. The molecule has 7 nitrogen and oxygen atoms in total. The van der Waals surface area contributed by atoms with E-state index in [1.165, 1.54) is 24.3 Å². The summed E-state index contributed by atoms with van der Waals surface area (Å²) in [7, 11) is -3.97. The van der Waals surface area contributed by atoms with Crippen LogP contribution in [0.15, 0.2) is 71.6 Å². The average Bonchev–Trinajstić information content (AvgIpc) is 3.66. The number of amides is 2. The topological polar surface area (TPSA) is 104 Å². The van der Waals surface area contributed by atoms with E-state index in [0.717, 1.165) is 30.5 Å². The van der Waals surface area contributed by atoms with Crippen LogP contribution in [0.3, 0.4) is 0 Å². The molecule has 1 saturated carbocycles. The van der Waals surface area contributed by atoms with Crippen LogP contribution in [0.5, 0.6) is 0 Å². The van der Waals surface area contributed by atoms with E-state index in [-0.39, 0.29) is 34.5 Å². The van der Waals surface area contributed by atoms with Gasteiger partial charge in [0.2, 0.25) is 5.91 Å². The molecule has 0 aromatic heterocycles. The number of benzene rings is 3. The molecule has 9 heteroatoms. The van der Waals surface area contributed by atoms with Crippen LogP contribution < -0.4 is 15.4 Å². The van der Waals surface area contributed by atoms with Crippen LogP contribution in [0.25, 0.3) is 0 Å². The molecule has 1 aliphatic carbocycles. The van der Waals surface area contributed by atoms with E-state index in [2.05, 4.69) is 15.4 Å². The first-order valence-corrected chi connectivity index (χ1v) is 12.3. The minimum Gasteiger partial charge on any atom is -0.348 e. The minimum atomic E-state index is -3.97. The SMILES string of the molecule is Cc1ccc(S(=O)(=O)Nc2ccc(F)cc2)cc1C(=O)NCc1ccc(NC(=O)C2CC2)cc1. The molecule has 4 rings (SSSR count). The molecule has 1 fully saturated rings. The molecule has 3 aromatic carbocycles. The van der Waals surface area contributed by atoms with Gasteiger partial charge in [-0.1, -0.05) is 18.2 Å². The van der Waals surface area contributed by atoms with Crippen LogP contribution >= 0.6 is 0 Å². The summed E-state index contributed by atoms with van der Waals surface area (Å²) < 4.78 is 40.9. The molecule has 2 amide bonds. The first-order chi connectivity index (χ1) is 16.2. The number of anilines is 2. The van der Waals surface area contributed by atoms with Crippen LogP contribution in [0.4, 0.5) is 15.8 Å². The molecule has 0 unspecified atom stereocenters. The molecular formula is C25H24FN3O4S. The smallest absolute Gasteiger partial charge is 0.261 e. The Balaban J connectivity index is 1.41. The number of halogens is 1. The van der Waals surface area contributed by atoms with Crippen molar-refractivity contribution in [3.05, 3.63) is 89.2 Å². The highest BCUT2D eigenvalue weighted by Crippen LogP contribution is 2.30. The summed E-state index contributed by atoms with van der Waals surface area (Å²) in [4.78, 5) is 24.5. The van der Waals surface area contributed by atoms with Gasteiger partial charge in [0.05, 0.1) is 4.90 Å². The lowest BCUT2D eigenvalue weighted by Gasteiger charge is -2.12. The maximum Gasteiger partial charge on any atom is 0.261 e. The van der Waals surface area contributed by atoms with Gasteiger partial charge in [0.15, 0.2) is 0 Å². The molecule has 3 N–H and O–H groups in total. The Morgan fingerprint density at radius 2 is 1.59 bits per heavy atom. The maximum absolute atomic E-state index is 13.1. The standard InChI is InChI=1S/C25H24FN3O4S/c1-16-2-13-22(34(32,33)29-21-11-7-19(26)8-12-21)14-23(16)25(31)27-15-17-3-9-20(10-4-17)28-24(30)18-5-6-18/h2-4,7-14,18,29H,5-6,15H2,1H3,(H,27,31)(H,28,30). The minimum absolute atomic E-state index is 0.0280. The third-order valence-corrected chi connectivity index (χ3v) is 6.86. The third-order valence-electron chi connectivity index (χ3n) is 5.48. The van der Waals surface area contributed by atoms with E-state index < -0.39 is 21.7 Å². The van der Waals surface area contributed by atoms with Crippen molar-refractivity contribution >= 4 is 33.2 Å². The number of hydrogen-bond donors (Lipinski definition) is 3. The molecule has 0 spiro atoms. The number of carbonyl (C=O) groups is 2. The Bertz CT molecular complexity index is 1320. The summed E-state index contributed by atoms with van der Waals surface area (Å²) in [6.07, 6.45) is 1.86. The van der Waals surface area contributed by atoms with Crippen LogP contribution in [-0.4, -0.2) is 20.2 Å². The van der Waals surface area contributed by atoms with Gasteiger partial charge in [-0.05, 0) is 79.4 Å². The van der Waals surface area contributed by atoms with Crippen molar-refractivity contribution in [2.45, 2.75) is 31.2 Å². The predicted octanol–water partition coefficient (Wildman–Crippen LogP) is 4.21. The summed E-state index contributed by atoms with van der Waals surface area (Å²) >= 11 is 0. The first kappa shape index (κ1) is 23.4. The summed E-state index contributed by atoms with van der Waals surface area (Å²) in [5, 5.41) is 5.66. The van der Waals surface area contributed by atoms with Crippen molar-refractivity contribution in [3.63, 3.8) is 0 Å². The number of nitrogens with one attached hydrogen (secondary N) is 3. The second-order valence-corrected chi connectivity index (χ2v) is 9.91. The third kappa shape index (κ3) is 5.79. The van der Waals surface area contributed by atoms with Gasteiger partial charge in [0.1, 0.15) is 5.82 Å². The fourth-order valence-electron chi connectivity index (χ4n) is 3.32. The molecule has 3 aromatic rings. The maximum atomic E-state index is 13.1. The largest absolute Gasteiger partial charge is 0.348 e. The van der Waals surface area contributed by atoms with Crippen molar-refractivity contribution in [3.8, 4) is 0 Å². The Morgan fingerprint density at radius 3 is 2.24 bits per heavy atom. The molecular weight excluding hydrogens is 457 g/mol. The number of rotatable bonds is 8. The molecule has 176 valence electrons. The summed E-state index contributed by atoms with van der Waals surface area (Å²) in [6.45, 7) is 1.95. The fourth-order valence-corrected chi connectivity index (χ4v) is 4.40. The van der Waals surface area contributed by atoms with E-state index in [1.54, 1.807) is 25.1 Å². The highest BCUT2D eigenvalue weighted by molar-refractivity contribution is 7.92. The number of hydrogen-bond acceptors (Lipinski definition) is 4. The first-order valence-electron chi connectivity index (χ1n) is 10.8. The van der Waals surface area contributed by atoms with Crippen molar-refractivity contribution in [2.24, 2.45) is 5.92 Å². The van der Waals surface area contributed by atoms with Crippen molar-refractivity contribution < 1.29 is 22.4 Å². The van der Waals surface area contributed by atoms with E-state index in [9.17, 15) is 22.4 Å². The zero-order valence-electron chi connectivity index (χ0n) is 18.5. The van der Waals surface area contributed by atoms with Gasteiger partial charge in [-0.3, -0.25) is 14.3 Å². The molecule has 1 aliphatic rings. The summed E-state index contributed by atoms with van der Waals surface area (Å²) in [6, 6.07) is 16.4. The quantitative estimate of drug-likeness (QED) is 0.448. The van der Waals surface area contributed by atoms with Gasteiger partial charge in [0, 0.05) is 29.4 Å². The average molecular weight is 482 g/mol. The second kappa shape index (κ2) is 9.64. The van der Waals surface area contributed by atoms with E-state index in [1.807, 2.05) is 12.1 Å². The Labute approximate surface area is 197 Å². The van der Waals surface area contributed by atoms with Gasteiger partial charge in [0.25, 0.3) is 15.9 Å². The Morgan fingerprint density at radius 1 is 0.941 bits per heavy atom.